The molecule has 17 heavy (non-hydrogen) atoms. The van der Waals surface area contributed by atoms with Crippen LogP contribution in [0, 0.1) is 17.8 Å². The highest BCUT2D eigenvalue weighted by atomic mass is 35.5. The highest BCUT2D eigenvalue weighted by Crippen LogP contribution is 2.34. The molecular formula is C13H25ClN2O. The summed E-state index contributed by atoms with van der Waals surface area (Å²) in [5.74, 6) is 1.75. The molecule has 3 nitrogen and oxygen atoms in total. The fourth-order valence-corrected chi connectivity index (χ4v) is 3.09. The van der Waals surface area contributed by atoms with Crippen LogP contribution in [0.5, 0.6) is 0 Å². The summed E-state index contributed by atoms with van der Waals surface area (Å²) in [5.41, 5.74) is 0.0575. The van der Waals surface area contributed by atoms with Crippen LogP contribution in [-0.4, -0.2) is 36.0 Å². The lowest BCUT2D eigenvalue weighted by atomic mass is 9.87. The number of rotatable bonds is 2. The van der Waals surface area contributed by atoms with Gasteiger partial charge in [0.15, 0.2) is 0 Å². The normalized spacial score (nSPS) is 29.4. The maximum absolute atomic E-state index is 12.4. The van der Waals surface area contributed by atoms with E-state index in [9.17, 15) is 4.79 Å². The predicted molar refractivity (Wildman–Crippen MR) is 72.3 cm³/mol. The summed E-state index contributed by atoms with van der Waals surface area (Å²) >= 11 is 0. The van der Waals surface area contributed by atoms with Gasteiger partial charge in [0.05, 0.1) is 0 Å². The lowest BCUT2D eigenvalue weighted by Crippen LogP contribution is -2.53. The molecule has 0 aromatic rings. The molecule has 100 valence electrons. The second kappa shape index (κ2) is 5.15. The van der Waals surface area contributed by atoms with Crippen LogP contribution in [0.1, 0.15) is 34.1 Å². The van der Waals surface area contributed by atoms with Crippen molar-refractivity contribution in [3.63, 3.8) is 0 Å². The molecular weight excluding hydrogens is 236 g/mol. The van der Waals surface area contributed by atoms with E-state index in [-0.39, 0.29) is 23.9 Å². The fraction of sp³-hybridized carbons (Fsp3) is 0.923. The summed E-state index contributed by atoms with van der Waals surface area (Å²) in [5, 5.41) is 3.25. The fourth-order valence-electron chi connectivity index (χ4n) is 3.09. The second-order valence-corrected chi connectivity index (χ2v) is 6.28. The van der Waals surface area contributed by atoms with Crippen LogP contribution in [0.2, 0.25) is 0 Å². The monoisotopic (exact) mass is 260 g/mol. The Balaban J connectivity index is 0.00000144. The number of hydrogen-bond acceptors (Lipinski definition) is 2. The molecule has 0 saturated carbocycles. The number of amides is 1. The number of halogens is 1. The third kappa shape index (κ3) is 2.76. The lowest BCUT2D eigenvalue weighted by molar-refractivity contribution is -0.140. The topological polar surface area (TPSA) is 32.3 Å². The molecule has 2 unspecified atom stereocenters. The molecule has 2 aliphatic heterocycles. The molecule has 1 amide bonds. The molecule has 0 spiro atoms. The molecule has 4 heteroatoms. The van der Waals surface area contributed by atoms with Gasteiger partial charge in [-0.1, -0.05) is 13.8 Å². The first-order valence-electron chi connectivity index (χ1n) is 6.44. The quantitative estimate of drug-likeness (QED) is 0.823. The van der Waals surface area contributed by atoms with Crippen LogP contribution in [0.15, 0.2) is 0 Å². The van der Waals surface area contributed by atoms with Crippen LogP contribution >= 0.6 is 12.4 Å². The summed E-state index contributed by atoms with van der Waals surface area (Å²) in [6.45, 7) is 11.7. The number of nitrogens with zero attached hydrogens (tertiary/aromatic N) is 1. The van der Waals surface area contributed by atoms with E-state index in [1.54, 1.807) is 0 Å². The molecule has 1 N–H and O–H groups in total. The molecule has 0 aliphatic carbocycles. The van der Waals surface area contributed by atoms with Crippen molar-refractivity contribution in [3.8, 4) is 0 Å². The third-order valence-electron chi connectivity index (χ3n) is 4.25. The van der Waals surface area contributed by atoms with Crippen molar-refractivity contribution in [2.24, 2.45) is 17.8 Å². The van der Waals surface area contributed by atoms with Crippen molar-refractivity contribution in [2.75, 3.05) is 19.6 Å². The molecule has 2 saturated heterocycles. The van der Waals surface area contributed by atoms with E-state index in [1.165, 1.54) is 0 Å². The first kappa shape index (κ1) is 14.8. The van der Waals surface area contributed by atoms with Crippen molar-refractivity contribution in [1.82, 2.24) is 10.2 Å². The maximum atomic E-state index is 12.4. The third-order valence-corrected chi connectivity index (χ3v) is 4.25. The van der Waals surface area contributed by atoms with Crippen LogP contribution in [-0.2, 0) is 4.79 Å². The lowest BCUT2D eigenvalue weighted by Gasteiger charge is -2.38. The average Bonchev–Trinajstić information content (AvgIpc) is 2.35. The van der Waals surface area contributed by atoms with Gasteiger partial charge in [-0.25, -0.2) is 0 Å². The summed E-state index contributed by atoms with van der Waals surface area (Å²) in [6, 6.07) is 0. The van der Waals surface area contributed by atoms with Crippen LogP contribution in [0.3, 0.4) is 0 Å². The molecule has 0 bridgehead atoms. The van der Waals surface area contributed by atoms with Crippen LogP contribution in [0.4, 0.5) is 0 Å². The molecule has 0 aromatic carbocycles. The van der Waals surface area contributed by atoms with Crippen molar-refractivity contribution in [1.29, 1.82) is 0 Å². The molecule has 2 heterocycles. The Morgan fingerprint density at radius 1 is 1.41 bits per heavy atom. The zero-order valence-corrected chi connectivity index (χ0v) is 12.1. The Morgan fingerprint density at radius 3 is 2.35 bits per heavy atom. The van der Waals surface area contributed by atoms with Crippen LogP contribution in [0.25, 0.3) is 0 Å². The Morgan fingerprint density at radius 2 is 2.00 bits per heavy atom. The number of carbonyl (C=O) groups excluding carboxylic acids is 1. The number of carbonyl (C=O) groups is 1. The number of likely N-dealkylation sites (tertiary alicyclic amines) is 1. The highest BCUT2D eigenvalue weighted by Gasteiger charge is 2.42. The van der Waals surface area contributed by atoms with E-state index in [0.29, 0.717) is 17.7 Å². The summed E-state index contributed by atoms with van der Waals surface area (Å²) in [6.07, 6.45) is 1.13. The first-order valence-corrected chi connectivity index (χ1v) is 6.44. The van der Waals surface area contributed by atoms with Gasteiger partial charge < -0.3 is 10.2 Å². The minimum Gasteiger partial charge on any atom is -0.337 e. The van der Waals surface area contributed by atoms with Gasteiger partial charge in [0.25, 0.3) is 0 Å². The van der Waals surface area contributed by atoms with Crippen molar-refractivity contribution >= 4 is 18.3 Å². The average molecular weight is 261 g/mol. The Bertz CT molecular complexity index is 289. The molecule has 2 aliphatic rings. The summed E-state index contributed by atoms with van der Waals surface area (Å²) in [4.78, 5) is 14.6. The summed E-state index contributed by atoms with van der Waals surface area (Å²) in [7, 11) is 0. The van der Waals surface area contributed by atoms with E-state index >= 15 is 0 Å². The zero-order valence-electron chi connectivity index (χ0n) is 11.3. The van der Waals surface area contributed by atoms with Crippen molar-refractivity contribution < 1.29 is 4.79 Å². The first-order chi connectivity index (χ1) is 7.42. The zero-order chi connectivity index (χ0) is 11.9. The smallest absolute Gasteiger partial charge is 0.226 e. The Kier molecular flexibility index (Phi) is 4.48. The van der Waals surface area contributed by atoms with E-state index in [1.807, 2.05) is 0 Å². The standard InChI is InChI=1S/C13H24N2O.ClH/c1-9-5-13(3,4)15(8-9)12(16)10(2)11-6-14-7-11;/h9-11,14H,5-8H2,1-4H3;1H. The maximum Gasteiger partial charge on any atom is 0.226 e. The molecule has 0 radical (unpaired) electrons. The van der Waals surface area contributed by atoms with Gasteiger partial charge in [-0.15, -0.1) is 12.4 Å². The van der Waals surface area contributed by atoms with Crippen molar-refractivity contribution in [3.05, 3.63) is 0 Å². The number of hydrogen-bond donors (Lipinski definition) is 1. The van der Waals surface area contributed by atoms with Crippen LogP contribution < -0.4 is 5.32 Å². The largest absolute Gasteiger partial charge is 0.337 e. The van der Waals surface area contributed by atoms with Gasteiger partial charge in [-0.3, -0.25) is 4.79 Å². The van der Waals surface area contributed by atoms with E-state index in [4.69, 9.17) is 0 Å². The van der Waals surface area contributed by atoms with Gasteiger partial charge in [-0.2, -0.15) is 0 Å². The number of nitrogens with one attached hydrogen (secondary N) is 1. The molecule has 2 atom stereocenters. The van der Waals surface area contributed by atoms with E-state index in [0.717, 1.165) is 26.1 Å². The van der Waals surface area contributed by atoms with Gasteiger partial charge in [0, 0.05) is 18.0 Å². The minimum atomic E-state index is 0. The molecule has 2 fully saturated rings. The SMILES string of the molecule is CC1CN(C(=O)C(C)C2CNC2)C(C)(C)C1.Cl. The second-order valence-electron chi connectivity index (χ2n) is 6.28. The minimum absolute atomic E-state index is 0. The highest BCUT2D eigenvalue weighted by molar-refractivity contribution is 5.85. The molecule has 0 aromatic heterocycles. The molecule has 2 rings (SSSR count). The van der Waals surface area contributed by atoms with Crippen molar-refractivity contribution in [2.45, 2.75) is 39.7 Å². The Hall–Kier alpha value is -0.280. The van der Waals surface area contributed by atoms with E-state index in [2.05, 4.69) is 37.9 Å². The predicted octanol–water partition coefficient (Wildman–Crippen LogP) is 1.91. The summed E-state index contributed by atoms with van der Waals surface area (Å²) < 4.78 is 0. The van der Waals surface area contributed by atoms with Gasteiger partial charge >= 0.3 is 0 Å². The van der Waals surface area contributed by atoms with E-state index < -0.39 is 0 Å². The van der Waals surface area contributed by atoms with Gasteiger partial charge in [-0.05, 0) is 45.2 Å². The van der Waals surface area contributed by atoms with Gasteiger partial charge in [0.2, 0.25) is 5.91 Å². The van der Waals surface area contributed by atoms with Gasteiger partial charge in [0.1, 0.15) is 0 Å². The Labute approximate surface area is 111 Å².